The van der Waals surface area contributed by atoms with Crippen LogP contribution in [0.4, 0.5) is 18.9 Å². The van der Waals surface area contributed by atoms with Gasteiger partial charge in [0.15, 0.2) is 0 Å². The third-order valence-corrected chi connectivity index (χ3v) is 6.01. The van der Waals surface area contributed by atoms with Crippen molar-refractivity contribution in [3.63, 3.8) is 0 Å². The number of anilines is 1. The van der Waals surface area contributed by atoms with Gasteiger partial charge in [0, 0.05) is 43.3 Å². The number of aromatic nitrogens is 1. The number of cyclic esters (lactones) is 1. The maximum Gasteiger partial charge on any atom is 0.418 e. The molecule has 1 atom stereocenters. The number of rotatable bonds is 3. The summed E-state index contributed by atoms with van der Waals surface area (Å²) in [6.45, 7) is 1.89. The van der Waals surface area contributed by atoms with Crippen molar-refractivity contribution in [2.75, 3.05) is 38.6 Å². The van der Waals surface area contributed by atoms with E-state index >= 15 is 0 Å². The monoisotopic (exact) mass is 407 g/mol. The highest BCUT2D eigenvalue weighted by Gasteiger charge is 2.50. The molecule has 5 nitrogen and oxygen atoms in total. The number of esters is 1. The highest BCUT2D eigenvalue weighted by molar-refractivity contribution is 5.94. The zero-order valence-corrected chi connectivity index (χ0v) is 16.5. The van der Waals surface area contributed by atoms with E-state index in [1.165, 1.54) is 12.3 Å². The normalized spacial score (nSPS) is 21.9. The maximum atomic E-state index is 13.4. The van der Waals surface area contributed by atoms with Crippen LogP contribution >= 0.6 is 0 Å². The smallest absolute Gasteiger partial charge is 0.418 e. The Kier molecular flexibility index (Phi) is 4.93. The van der Waals surface area contributed by atoms with Gasteiger partial charge in [-0.05, 0) is 39.1 Å². The molecule has 0 amide bonds. The molecule has 1 aromatic carbocycles. The number of alkyl halides is 3. The van der Waals surface area contributed by atoms with E-state index in [0.717, 1.165) is 11.8 Å². The Bertz CT molecular complexity index is 921. The van der Waals surface area contributed by atoms with Gasteiger partial charge in [-0.3, -0.25) is 9.78 Å². The van der Waals surface area contributed by atoms with Gasteiger partial charge >= 0.3 is 12.1 Å². The summed E-state index contributed by atoms with van der Waals surface area (Å²) in [5.74, 6) is -0.136. The molecule has 2 fully saturated rings. The van der Waals surface area contributed by atoms with E-state index in [2.05, 4.69) is 9.88 Å². The largest absolute Gasteiger partial charge is 0.461 e. The Hall–Kier alpha value is -2.35. The number of ether oxygens (including phenoxy) is 1. The van der Waals surface area contributed by atoms with Crippen LogP contribution in [0.25, 0.3) is 10.9 Å². The quantitative estimate of drug-likeness (QED) is 0.726. The van der Waals surface area contributed by atoms with Crippen molar-refractivity contribution in [3.05, 3.63) is 36.0 Å². The van der Waals surface area contributed by atoms with E-state index in [0.29, 0.717) is 44.3 Å². The van der Waals surface area contributed by atoms with E-state index in [1.54, 1.807) is 12.1 Å². The second-order valence-electron chi connectivity index (χ2n) is 8.29. The molecule has 156 valence electrons. The molecule has 4 rings (SSSR count). The van der Waals surface area contributed by atoms with Gasteiger partial charge in [0.1, 0.15) is 6.10 Å². The van der Waals surface area contributed by atoms with Gasteiger partial charge in [0.05, 0.1) is 16.5 Å². The first kappa shape index (κ1) is 19.9. The lowest BCUT2D eigenvalue weighted by Gasteiger charge is -2.38. The molecule has 0 bridgehead atoms. The number of carbonyl (C=O) groups is 1. The van der Waals surface area contributed by atoms with Gasteiger partial charge in [0.25, 0.3) is 0 Å². The number of likely N-dealkylation sites (N-methyl/N-ethyl adjacent to an activating group) is 1. The average Bonchev–Trinajstić information content (AvgIpc) is 2.94. The second-order valence-corrected chi connectivity index (χ2v) is 8.29. The number of hydrogen-bond acceptors (Lipinski definition) is 5. The van der Waals surface area contributed by atoms with E-state index in [1.807, 2.05) is 19.0 Å². The molecule has 2 aromatic rings. The van der Waals surface area contributed by atoms with Crippen LogP contribution in [0.3, 0.4) is 0 Å². The van der Waals surface area contributed by atoms with Crippen LogP contribution in [0.1, 0.15) is 24.8 Å². The minimum absolute atomic E-state index is 0.0379. The lowest BCUT2D eigenvalue weighted by atomic mass is 9.76. The molecular formula is C21H24F3N3O2. The molecule has 1 aromatic heterocycles. The first-order valence-corrected chi connectivity index (χ1v) is 9.75. The van der Waals surface area contributed by atoms with Crippen LogP contribution in [0, 0.1) is 5.41 Å². The van der Waals surface area contributed by atoms with Crippen LogP contribution in [0.5, 0.6) is 0 Å². The molecule has 0 saturated carbocycles. The summed E-state index contributed by atoms with van der Waals surface area (Å²) in [7, 11) is 3.90. The maximum absolute atomic E-state index is 13.4. The highest BCUT2D eigenvalue weighted by atomic mass is 19.4. The van der Waals surface area contributed by atoms with Crippen molar-refractivity contribution in [3.8, 4) is 0 Å². The van der Waals surface area contributed by atoms with Gasteiger partial charge in [0.2, 0.25) is 0 Å². The molecule has 0 radical (unpaired) electrons. The Morgan fingerprint density at radius 2 is 1.97 bits per heavy atom. The summed E-state index contributed by atoms with van der Waals surface area (Å²) >= 11 is 0. The number of para-hydroxylation sites is 1. The summed E-state index contributed by atoms with van der Waals surface area (Å²) in [5.41, 5.74) is -0.510. The fraction of sp³-hybridized carbons (Fsp3) is 0.524. The molecule has 3 heterocycles. The first-order valence-electron chi connectivity index (χ1n) is 9.75. The SMILES string of the molecule is CN(C)CC1CC2(CCN(c3ccnc4c(C(F)(F)F)cccc34)CC2)C(=O)O1. The average molecular weight is 407 g/mol. The molecule has 0 aliphatic carbocycles. The molecule has 1 unspecified atom stereocenters. The molecule has 2 saturated heterocycles. The Morgan fingerprint density at radius 3 is 2.62 bits per heavy atom. The topological polar surface area (TPSA) is 45.7 Å². The Labute approximate surface area is 167 Å². The molecular weight excluding hydrogens is 383 g/mol. The van der Waals surface area contributed by atoms with E-state index in [9.17, 15) is 18.0 Å². The third-order valence-electron chi connectivity index (χ3n) is 6.01. The number of fused-ring (bicyclic) bond motifs is 1. The van der Waals surface area contributed by atoms with Crippen molar-refractivity contribution in [2.45, 2.75) is 31.5 Å². The number of piperidine rings is 1. The molecule has 2 aliphatic rings. The number of pyridine rings is 1. The van der Waals surface area contributed by atoms with Gasteiger partial charge < -0.3 is 14.5 Å². The standard InChI is InChI=1S/C21H24F3N3O2/c1-26(2)13-14-12-20(19(28)29-14)7-10-27(11-8-20)17-6-9-25-18-15(17)4-3-5-16(18)21(22,23)24/h3-6,9,14H,7-8,10-13H2,1-2H3. The highest BCUT2D eigenvalue weighted by Crippen LogP contribution is 2.45. The van der Waals surface area contributed by atoms with Gasteiger partial charge in [-0.1, -0.05) is 12.1 Å². The molecule has 0 N–H and O–H groups in total. The van der Waals surface area contributed by atoms with Crippen LogP contribution in [-0.4, -0.2) is 55.7 Å². The minimum atomic E-state index is -4.45. The molecule has 2 aliphatic heterocycles. The molecule has 29 heavy (non-hydrogen) atoms. The van der Waals surface area contributed by atoms with Crippen molar-refractivity contribution in [2.24, 2.45) is 5.41 Å². The predicted octanol–water partition coefficient (Wildman–Crippen LogP) is 3.72. The van der Waals surface area contributed by atoms with Crippen molar-refractivity contribution in [1.82, 2.24) is 9.88 Å². The van der Waals surface area contributed by atoms with Gasteiger partial charge in [-0.25, -0.2) is 0 Å². The number of halogens is 3. The summed E-state index contributed by atoms with van der Waals surface area (Å²) in [6, 6.07) is 5.90. The summed E-state index contributed by atoms with van der Waals surface area (Å²) in [6.07, 6.45) is -1.15. The van der Waals surface area contributed by atoms with Crippen molar-refractivity contribution >= 4 is 22.6 Å². The number of carbonyl (C=O) groups excluding carboxylic acids is 1. The Morgan fingerprint density at radius 1 is 1.24 bits per heavy atom. The zero-order valence-electron chi connectivity index (χ0n) is 16.5. The van der Waals surface area contributed by atoms with Crippen LogP contribution in [0.15, 0.2) is 30.5 Å². The van der Waals surface area contributed by atoms with Gasteiger partial charge in [-0.2, -0.15) is 13.2 Å². The van der Waals surface area contributed by atoms with Gasteiger partial charge in [-0.15, -0.1) is 0 Å². The predicted molar refractivity (Wildman–Crippen MR) is 104 cm³/mol. The van der Waals surface area contributed by atoms with Crippen LogP contribution in [0.2, 0.25) is 0 Å². The van der Waals surface area contributed by atoms with Crippen molar-refractivity contribution in [1.29, 1.82) is 0 Å². The van der Waals surface area contributed by atoms with E-state index < -0.39 is 17.2 Å². The number of nitrogens with zero attached hydrogens (tertiary/aromatic N) is 3. The fourth-order valence-corrected chi connectivity index (χ4v) is 4.60. The summed E-state index contributed by atoms with van der Waals surface area (Å²) in [5, 5.41) is 0.484. The number of benzene rings is 1. The van der Waals surface area contributed by atoms with E-state index in [-0.39, 0.29) is 17.6 Å². The second kappa shape index (κ2) is 7.16. The minimum Gasteiger partial charge on any atom is -0.461 e. The lowest BCUT2D eigenvalue weighted by Crippen LogP contribution is -2.42. The lowest BCUT2D eigenvalue weighted by molar-refractivity contribution is -0.150. The summed E-state index contributed by atoms with van der Waals surface area (Å²) < 4.78 is 45.7. The summed E-state index contributed by atoms with van der Waals surface area (Å²) in [4.78, 5) is 20.6. The first-order chi connectivity index (χ1) is 13.7. The molecule has 8 heteroatoms. The van der Waals surface area contributed by atoms with Crippen LogP contribution in [-0.2, 0) is 15.7 Å². The fourth-order valence-electron chi connectivity index (χ4n) is 4.60. The zero-order chi connectivity index (χ0) is 20.8. The van der Waals surface area contributed by atoms with Crippen LogP contribution < -0.4 is 4.90 Å². The number of hydrogen-bond donors (Lipinski definition) is 0. The third kappa shape index (κ3) is 3.66. The van der Waals surface area contributed by atoms with Crippen molar-refractivity contribution < 1.29 is 22.7 Å². The van der Waals surface area contributed by atoms with E-state index in [4.69, 9.17) is 4.74 Å². The Balaban J connectivity index is 1.57. The molecule has 1 spiro atoms.